The molecule has 2 fully saturated rings. The summed E-state index contributed by atoms with van der Waals surface area (Å²) in [6, 6.07) is 0. The normalized spacial score (nSPS) is 45.1. The first-order chi connectivity index (χ1) is 5.72. The van der Waals surface area contributed by atoms with Crippen molar-refractivity contribution in [2.75, 3.05) is 6.26 Å². The first-order valence-corrected chi connectivity index (χ1v) is 5.83. The number of fused-ring (bicyclic) bond motifs is 2. The molecule has 0 saturated heterocycles. The fraction of sp³-hybridized carbons (Fsp3) is 0.889. The Hall–Kier alpha value is -0.180. The van der Waals surface area contributed by atoms with E-state index in [-0.39, 0.29) is 11.8 Å². The second-order valence-corrected chi connectivity index (χ2v) is 5.10. The Bertz CT molecular complexity index is 207. The number of hydrogen-bond donors (Lipinski definition) is 1. The lowest BCUT2D eigenvalue weighted by molar-refractivity contribution is -0.123. The number of carbonyl (C=O) groups is 1. The van der Waals surface area contributed by atoms with E-state index in [1.165, 1.54) is 12.8 Å². The van der Waals surface area contributed by atoms with Gasteiger partial charge in [-0.2, -0.15) is 0 Å². The Kier molecular flexibility index (Phi) is 2.07. The number of rotatable bonds is 2. The third-order valence-electron chi connectivity index (χ3n) is 3.42. The lowest BCUT2D eigenvalue weighted by Crippen LogP contribution is -2.34. The van der Waals surface area contributed by atoms with Crippen LogP contribution in [0.2, 0.25) is 0 Å². The van der Waals surface area contributed by atoms with Crippen LogP contribution >= 0.6 is 0 Å². The second-order valence-electron chi connectivity index (χ2n) is 4.02. The predicted molar refractivity (Wildman–Crippen MR) is 50.6 cm³/mol. The van der Waals surface area contributed by atoms with Crippen LogP contribution in [0, 0.1) is 17.8 Å². The Morgan fingerprint density at radius 3 is 2.67 bits per heavy atom. The number of nitrogens with two attached hydrogens (primary N) is 1. The zero-order chi connectivity index (χ0) is 8.72. The highest BCUT2D eigenvalue weighted by atomic mass is 32.2. The lowest BCUT2D eigenvalue weighted by Gasteiger charge is -2.19. The highest BCUT2D eigenvalue weighted by molar-refractivity contribution is 7.78. The van der Waals surface area contributed by atoms with Gasteiger partial charge >= 0.3 is 0 Å². The molecule has 0 aromatic rings. The van der Waals surface area contributed by atoms with E-state index in [0.717, 1.165) is 12.3 Å². The number of primary amides is 1. The molecule has 2 saturated carbocycles. The number of amides is 1. The largest absolute Gasteiger partial charge is 0.369 e. The molecule has 1 amide bonds. The van der Waals surface area contributed by atoms with E-state index >= 15 is 0 Å². The second kappa shape index (κ2) is 2.95. The molecule has 2 aliphatic carbocycles. The van der Waals surface area contributed by atoms with Crippen molar-refractivity contribution in [3.63, 3.8) is 0 Å². The summed E-state index contributed by atoms with van der Waals surface area (Å²) < 4.78 is 0. The van der Waals surface area contributed by atoms with Gasteiger partial charge in [-0.15, -0.1) is 0 Å². The molecule has 0 spiro atoms. The lowest BCUT2D eigenvalue weighted by atomic mass is 9.88. The van der Waals surface area contributed by atoms with Crippen molar-refractivity contribution in [3.05, 3.63) is 0 Å². The van der Waals surface area contributed by atoms with Gasteiger partial charge in [-0.1, -0.05) is 0 Å². The van der Waals surface area contributed by atoms with Crippen molar-refractivity contribution < 1.29 is 4.79 Å². The maximum absolute atomic E-state index is 11.1. The van der Waals surface area contributed by atoms with Gasteiger partial charge in [0.25, 0.3) is 0 Å². The van der Waals surface area contributed by atoms with Gasteiger partial charge in [0.1, 0.15) is 6.26 Å². The van der Waals surface area contributed by atoms with Crippen LogP contribution in [-0.2, 0) is 16.6 Å². The molecule has 12 heavy (non-hydrogen) atoms. The third kappa shape index (κ3) is 1.15. The summed E-state index contributed by atoms with van der Waals surface area (Å²) in [4.78, 5) is 11.1. The van der Waals surface area contributed by atoms with Crippen LogP contribution in [0.25, 0.3) is 0 Å². The molecule has 0 aromatic carbocycles. The first-order valence-electron chi connectivity index (χ1n) is 4.54. The smallest absolute Gasteiger partial charge is 0.221 e. The zero-order valence-electron chi connectivity index (χ0n) is 7.32. The van der Waals surface area contributed by atoms with Crippen molar-refractivity contribution in [1.29, 1.82) is 0 Å². The highest BCUT2D eigenvalue weighted by Gasteiger charge is 2.52. The van der Waals surface area contributed by atoms with Crippen molar-refractivity contribution in [2.24, 2.45) is 23.5 Å². The molecule has 67 valence electrons. The Balaban J connectivity index is 2.09. The maximum atomic E-state index is 11.1. The molecule has 2 nitrogen and oxygen atoms in total. The number of thioether (sulfide) groups is 1. The number of carbonyl (C=O) groups excluding carboxylic acids is 1. The molecule has 0 aliphatic heterocycles. The van der Waals surface area contributed by atoms with E-state index in [1.54, 1.807) is 0 Å². The van der Waals surface area contributed by atoms with Gasteiger partial charge in [-0.25, -0.2) is 0 Å². The molecule has 0 unspecified atom stereocenters. The minimum Gasteiger partial charge on any atom is -0.369 e. The molecule has 1 radical (unpaired) electrons. The molecule has 2 bridgehead atoms. The van der Waals surface area contributed by atoms with Crippen molar-refractivity contribution in [1.82, 2.24) is 0 Å². The van der Waals surface area contributed by atoms with Gasteiger partial charge in [-0.3, -0.25) is 4.79 Å². The molecule has 4 atom stereocenters. The third-order valence-corrected chi connectivity index (χ3v) is 4.57. The van der Waals surface area contributed by atoms with Gasteiger partial charge in [0.05, 0.1) is 0 Å². The molecule has 2 aliphatic rings. The molecule has 3 heteroatoms. The summed E-state index contributed by atoms with van der Waals surface area (Å²) in [6.45, 7) is 0. The van der Waals surface area contributed by atoms with Crippen LogP contribution in [0.1, 0.15) is 19.3 Å². The van der Waals surface area contributed by atoms with Crippen LogP contribution in [0.3, 0.4) is 0 Å². The standard InChI is InChI=1S/C9H15NOS/c1-12-8-4-5-2-6(8)7(3-5)9(10)11/h5-8H,2-4H2,1H3,(H2,10,11)/q+1/t5-,6+,7-,8+/m0/s1. The zero-order valence-corrected chi connectivity index (χ0v) is 8.14. The van der Waals surface area contributed by atoms with Gasteiger partial charge in [0.2, 0.25) is 5.91 Å². The Morgan fingerprint density at radius 2 is 2.17 bits per heavy atom. The van der Waals surface area contributed by atoms with E-state index in [9.17, 15) is 4.79 Å². The monoisotopic (exact) mass is 185 g/mol. The van der Waals surface area contributed by atoms with Crippen molar-refractivity contribution in [3.8, 4) is 0 Å². The molecule has 0 heterocycles. The minimum absolute atomic E-state index is 0.0683. The topological polar surface area (TPSA) is 43.1 Å². The van der Waals surface area contributed by atoms with E-state index in [1.807, 2.05) is 11.8 Å². The minimum atomic E-state index is -0.0683. The quantitative estimate of drug-likeness (QED) is 0.640. The van der Waals surface area contributed by atoms with E-state index in [2.05, 4.69) is 6.26 Å². The SMILES string of the molecule is C[S+][C@@H]1C[C@H]2C[C@@H]1[C@@H](C(N)=O)C2. The highest BCUT2D eigenvalue weighted by Crippen LogP contribution is 2.49. The van der Waals surface area contributed by atoms with E-state index < -0.39 is 0 Å². The summed E-state index contributed by atoms with van der Waals surface area (Å²) in [6.07, 6.45) is 5.77. The van der Waals surface area contributed by atoms with E-state index in [0.29, 0.717) is 11.2 Å². The fourth-order valence-electron chi connectivity index (χ4n) is 2.88. The van der Waals surface area contributed by atoms with Crippen molar-refractivity contribution >= 4 is 17.7 Å². The summed E-state index contributed by atoms with van der Waals surface area (Å²) in [7, 11) is 0. The summed E-state index contributed by atoms with van der Waals surface area (Å²) in [5.74, 6) is 1.52. The Labute approximate surface area is 77.3 Å². The average Bonchev–Trinajstić information content (AvgIpc) is 2.60. The number of hydrogen-bond acceptors (Lipinski definition) is 2. The van der Waals surface area contributed by atoms with Crippen LogP contribution < -0.4 is 5.73 Å². The summed E-state index contributed by atoms with van der Waals surface area (Å²) in [5.41, 5.74) is 5.35. The van der Waals surface area contributed by atoms with Gasteiger partial charge in [0.15, 0.2) is 17.0 Å². The van der Waals surface area contributed by atoms with E-state index in [4.69, 9.17) is 5.73 Å². The predicted octanol–water partition coefficient (Wildman–Crippen LogP) is 0.599. The van der Waals surface area contributed by atoms with Gasteiger partial charge in [-0.05, 0) is 18.8 Å². The molecular weight excluding hydrogens is 170 g/mol. The van der Waals surface area contributed by atoms with Crippen LogP contribution in [0.4, 0.5) is 0 Å². The maximum Gasteiger partial charge on any atom is 0.221 e. The van der Waals surface area contributed by atoms with Gasteiger partial charge in [0, 0.05) is 18.3 Å². The van der Waals surface area contributed by atoms with Crippen LogP contribution in [-0.4, -0.2) is 17.4 Å². The molecule has 0 aromatic heterocycles. The summed E-state index contributed by atoms with van der Waals surface area (Å²) in [5, 5.41) is 0.709. The fourth-order valence-corrected chi connectivity index (χ4v) is 4.00. The van der Waals surface area contributed by atoms with Crippen molar-refractivity contribution in [2.45, 2.75) is 24.5 Å². The molecule has 2 N–H and O–H groups in total. The molecular formula is C9H15NOS+. The first kappa shape index (κ1) is 8.42. The average molecular weight is 185 g/mol. The van der Waals surface area contributed by atoms with Gasteiger partial charge < -0.3 is 5.73 Å². The molecule has 2 rings (SSSR count). The summed E-state index contributed by atoms with van der Waals surface area (Å²) >= 11 is 1.91. The van der Waals surface area contributed by atoms with Crippen LogP contribution in [0.5, 0.6) is 0 Å². The Morgan fingerprint density at radius 1 is 1.42 bits per heavy atom. The van der Waals surface area contributed by atoms with Crippen LogP contribution in [0.15, 0.2) is 0 Å².